The monoisotopic (exact) mass is 268 g/mol. The van der Waals surface area contributed by atoms with E-state index in [0.29, 0.717) is 11.3 Å². The Kier molecular flexibility index (Phi) is 4.24. The number of para-hydroxylation sites is 1. The number of hydrogen-bond donors (Lipinski definition) is 1. The molecule has 2 rings (SSSR count). The van der Waals surface area contributed by atoms with Crippen molar-refractivity contribution in [2.45, 2.75) is 0 Å². The molecule has 0 saturated carbocycles. The molecule has 5 nitrogen and oxygen atoms in total. The number of carbonyl (C=O) groups is 2. The van der Waals surface area contributed by atoms with Crippen LogP contribution >= 0.6 is 0 Å². The fourth-order valence-electron chi connectivity index (χ4n) is 1.63. The number of anilines is 1. The molecule has 0 saturated heterocycles. The Balaban J connectivity index is 2.37. The number of nitrogens with zero attached hydrogens (tertiary/aromatic N) is 2. The number of pyridine rings is 1. The summed E-state index contributed by atoms with van der Waals surface area (Å²) in [6.45, 7) is 0. The molecule has 0 aliphatic carbocycles. The normalized spacial score (nSPS) is 10.4. The molecule has 2 aromatic rings. The molecule has 1 heterocycles. The lowest BCUT2D eigenvalue weighted by atomic mass is 10.2. The van der Waals surface area contributed by atoms with Crippen molar-refractivity contribution in [3.8, 4) is 0 Å². The molecule has 1 aromatic heterocycles. The molecule has 0 aliphatic heterocycles. The van der Waals surface area contributed by atoms with Crippen LogP contribution in [0.4, 0.5) is 5.69 Å². The first-order valence-electron chi connectivity index (χ1n) is 5.88. The smallest absolute Gasteiger partial charge is 0.329 e. The van der Waals surface area contributed by atoms with Gasteiger partial charge < -0.3 is 5.11 Å². The van der Waals surface area contributed by atoms with E-state index >= 15 is 0 Å². The van der Waals surface area contributed by atoms with Gasteiger partial charge in [-0.3, -0.25) is 14.7 Å². The number of carbonyl (C=O) groups excluding carboxylic acids is 1. The number of hydrogen-bond acceptors (Lipinski definition) is 3. The predicted molar refractivity (Wildman–Crippen MR) is 74.3 cm³/mol. The van der Waals surface area contributed by atoms with Crippen LogP contribution in [0.25, 0.3) is 0 Å². The van der Waals surface area contributed by atoms with E-state index in [0.717, 1.165) is 6.08 Å². The summed E-state index contributed by atoms with van der Waals surface area (Å²) in [6, 6.07) is 12.1. The Morgan fingerprint density at radius 1 is 1.10 bits per heavy atom. The first-order valence-corrected chi connectivity index (χ1v) is 5.88. The van der Waals surface area contributed by atoms with Crippen molar-refractivity contribution < 1.29 is 14.7 Å². The van der Waals surface area contributed by atoms with Crippen molar-refractivity contribution in [1.29, 1.82) is 0 Å². The molecule has 0 spiro atoms. The van der Waals surface area contributed by atoms with Crippen molar-refractivity contribution in [3.05, 3.63) is 72.7 Å². The molecular formula is C15H12N2O3. The number of benzene rings is 1. The first-order chi connectivity index (χ1) is 9.68. The van der Waals surface area contributed by atoms with Gasteiger partial charge in [-0.05, 0) is 24.3 Å². The lowest BCUT2D eigenvalue weighted by molar-refractivity contribution is -0.131. The molecule has 0 radical (unpaired) electrons. The van der Waals surface area contributed by atoms with Crippen molar-refractivity contribution in [1.82, 2.24) is 4.98 Å². The van der Waals surface area contributed by atoms with E-state index in [4.69, 9.17) is 5.11 Å². The average molecular weight is 268 g/mol. The van der Waals surface area contributed by atoms with Gasteiger partial charge in [-0.15, -0.1) is 0 Å². The summed E-state index contributed by atoms with van der Waals surface area (Å²) in [5.74, 6) is -1.47. The maximum Gasteiger partial charge on any atom is 0.329 e. The number of rotatable bonds is 4. The molecule has 0 fully saturated rings. The predicted octanol–water partition coefficient (Wildman–Crippen LogP) is 2.33. The van der Waals surface area contributed by atoms with E-state index in [2.05, 4.69) is 4.98 Å². The molecule has 20 heavy (non-hydrogen) atoms. The minimum absolute atomic E-state index is 0.346. The summed E-state index contributed by atoms with van der Waals surface area (Å²) in [5, 5.41) is 8.72. The van der Waals surface area contributed by atoms with E-state index in [9.17, 15) is 9.59 Å². The largest absolute Gasteiger partial charge is 0.478 e. The van der Waals surface area contributed by atoms with E-state index < -0.39 is 5.97 Å². The van der Waals surface area contributed by atoms with Crippen LogP contribution in [0.1, 0.15) is 10.4 Å². The molecule has 100 valence electrons. The van der Waals surface area contributed by atoms with Crippen molar-refractivity contribution in [2.24, 2.45) is 0 Å². The summed E-state index contributed by atoms with van der Waals surface area (Å²) in [5.41, 5.74) is 0.963. The quantitative estimate of drug-likeness (QED) is 0.864. The molecular weight excluding hydrogens is 256 g/mol. The number of aliphatic carboxylic acids is 1. The van der Waals surface area contributed by atoms with E-state index in [1.54, 1.807) is 42.6 Å². The van der Waals surface area contributed by atoms with E-state index in [1.165, 1.54) is 17.3 Å². The molecule has 1 N–H and O–H groups in total. The lowest BCUT2D eigenvalue weighted by Crippen LogP contribution is -2.25. The van der Waals surface area contributed by atoms with Gasteiger partial charge in [0.2, 0.25) is 0 Å². The van der Waals surface area contributed by atoms with Gasteiger partial charge in [0.1, 0.15) is 0 Å². The minimum atomic E-state index is -1.12. The van der Waals surface area contributed by atoms with Gasteiger partial charge in [0.15, 0.2) is 0 Å². The highest BCUT2D eigenvalue weighted by Crippen LogP contribution is 2.17. The van der Waals surface area contributed by atoms with Gasteiger partial charge in [-0.2, -0.15) is 0 Å². The topological polar surface area (TPSA) is 70.5 Å². The molecule has 0 aliphatic rings. The summed E-state index contributed by atoms with van der Waals surface area (Å²) < 4.78 is 0. The number of amides is 1. The van der Waals surface area contributed by atoms with Crippen LogP contribution in [0.15, 0.2) is 67.1 Å². The molecule has 0 bridgehead atoms. The zero-order valence-corrected chi connectivity index (χ0v) is 10.5. The third kappa shape index (κ3) is 3.29. The molecule has 1 amide bonds. The molecule has 0 atom stereocenters. The average Bonchev–Trinajstić information content (AvgIpc) is 2.49. The van der Waals surface area contributed by atoms with Gasteiger partial charge in [-0.1, -0.05) is 18.2 Å². The first kappa shape index (κ1) is 13.5. The Labute approximate surface area is 115 Å². The molecule has 0 unspecified atom stereocenters. The fourth-order valence-corrected chi connectivity index (χ4v) is 1.63. The lowest BCUT2D eigenvalue weighted by Gasteiger charge is -2.18. The second-order valence-corrected chi connectivity index (χ2v) is 3.91. The van der Waals surface area contributed by atoms with E-state index in [1.807, 2.05) is 6.07 Å². The van der Waals surface area contributed by atoms with E-state index in [-0.39, 0.29) is 5.91 Å². The van der Waals surface area contributed by atoms with Crippen LogP contribution in [0.2, 0.25) is 0 Å². The Hall–Kier alpha value is -2.95. The molecule has 5 heteroatoms. The zero-order valence-electron chi connectivity index (χ0n) is 10.5. The third-order valence-electron chi connectivity index (χ3n) is 2.53. The highest BCUT2D eigenvalue weighted by atomic mass is 16.4. The van der Waals surface area contributed by atoms with Gasteiger partial charge in [0, 0.05) is 30.4 Å². The summed E-state index contributed by atoms with van der Waals surface area (Å²) in [6.07, 6.45) is 5.15. The number of aromatic nitrogens is 1. The summed E-state index contributed by atoms with van der Waals surface area (Å²) in [4.78, 5) is 28.2. The maximum absolute atomic E-state index is 12.4. The van der Waals surface area contributed by atoms with Crippen LogP contribution < -0.4 is 4.90 Å². The second-order valence-electron chi connectivity index (χ2n) is 3.91. The zero-order chi connectivity index (χ0) is 14.4. The fraction of sp³-hybridized carbons (Fsp3) is 0. The van der Waals surface area contributed by atoms with Gasteiger partial charge >= 0.3 is 5.97 Å². The Morgan fingerprint density at radius 3 is 2.45 bits per heavy atom. The SMILES string of the molecule is O=C(O)C=CN(C(=O)c1cccnc1)c1ccccc1. The van der Waals surface area contributed by atoms with Crippen LogP contribution in [0.3, 0.4) is 0 Å². The van der Waals surface area contributed by atoms with Gasteiger partial charge in [0.05, 0.1) is 5.56 Å². The van der Waals surface area contributed by atoms with Crippen LogP contribution in [-0.2, 0) is 4.79 Å². The summed E-state index contributed by atoms with van der Waals surface area (Å²) >= 11 is 0. The minimum Gasteiger partial charge on any atom is -0.478 e. The highest BCUT2D eigenvalue weighted by molar-refractivity contribution is 6.07. The van der Waals surface area contributed by atoms with Gasteiger partial charge in [0.25, 0.3) is 5.91 Å². The number of carboxylic acid groups (broad SMARTS) is 1. The molecule has 1 aromatic carbocycles. The summed E-state index contributed by atoms with van der Waals surface area (Å²) in [7, 11) is 0. The van der Waals surface area contributed by atoms with Crippen LogP contribution in [0.5, 0.6) is 0 Å². The van der Waals surface area contributed by atoms with Crippen molar-refractivity contribution in [2.75, 3.05) is 4.90 Å². The Morgan fingerprint density at radius 2 is 1.85 bits per heavy atom. The second kappa shape index (κ2) is 6.29. The van der Waals surface area contributed by atoms with Crippen molar-refractivity contribution in [3.63, 3.8) is 0 Å². The highest BCUT2D eigenvalue weighted by Gasteiger charge is 2.15. The standard InChI is InChI=1S/C15H12N2O3/c18-14(19)8-10-17(13-6-2-1-3-7-13)15(20)12-5-4-9-16-11-12/h1-11H,(H,18,19). The number of carboxylic acids is 1. The van der Waals surface area contributed by atoms with Crippen LogP contribution in [0, 0.1) is 0 Å². The maximum atomic E-state index is 12.4. The van der Waals surface area contributed by atoms with Crippen LogP contribution in [-0.4, -0.2) is 22.0 Å². The van der Waals surface area contributed by atoms with Crippen molar-refractivity contribution >= 4 is 17.6 Å². The third-order valence-corrected chi connectivity index (χ3v) is 2.53. The Bertz CT molecular complexity index is 624. The van der Waals surface area contributed by atoms with Gasteiger partial charge in [-0.25, -0.2) is 4.79 Å².